The maximum absolute atomic E-state index is 14.1. The van der Waals surface area contributed by atoms with Crippen molar-refractivity contribution in [3.8, 4) is 0 Å². The number of hydrogen-bond acceptors (Lipinski definition) is 3. The van der Waals surface area contributed by atoms with Crippen LogP contribution in [0, 0.1) is 12.8 Å². The van der Waals surface area contributed by atoms with Crippen LogP contribution in [0.2, 0.25) is 5.02 Å². The number of halogens is 1. The fourth-order valence-electron chi connectivity index (χ4n) is 5.22. The zero-order valence-electron chi connectivity index (χ0n) is 22.5. The number of benzene rings is 4. The van der Waals surface area contributed by atoms with Crippen molar-refractivity contribution < 1.29 is 13.2 Å². The van der Waals surface area contributed by atoms with Crippen LogP contribution in [0.5, 0.6) is 0 Å². The van der Waals surface area contributed by atoms with Crippen LogP contribution < -0.4 is 4.31 Å². The Bertz CT molecular complexity index is 1550. The summed E-state index contributed by atoms with van der Waals surface area (Å²) < 4.78 is 29.5. The third-order valence-electron chi connectivity index (χ3n) is 7.52. The minimum absolute atomic E-state index is 0.0663. The average Bonchev–Trinajstić information content (AvgIpc) is 2.97. The number of hydrogen-bond donors (Lipinski definition) is 0. The molecule has 206 valence electrons. The molecule has 0 radical (unpaired) electrons. The molecule has 4 aromatic carbocycles. The first-order valence-corrected chi connectivity index (χ1v) is 15.4. The average molecular weight is 573 g/mol. The van der Waals surface area contributed by atoms with Crippen molar-refractivity contribution in [2.45, 2.75) is 37.6 Å². The first-order valence-electron chi connectivity index (χ1n) is 13.6. The highest BCUT2D eigenvalue weighted by Gasteiger charge is 2.31. The van der Waals surface area contributed by atoms with E-state index >= 15 is 0 Å². The Morgan fingerprint density at radius 2 is 1.45 bits per heavy atom. The van der Waals surface area contributed by atoms with Gasteiger partial charge in [0.15, 0.2) is 0 Å². The van der Waals surface area contributed by atoms with Crippen LogP contribution in [-0.4, -0.2) is 32.3 Å². The largest absolute Gasteiger partial charge is 0.339 e. The fraction of sp³-hybridized carbons (Fsp3) is 0.242. The van der Waals surface area contributed by atoms with E-state index in [0.29, 0.717) is 35.3 Å². The summed E-state index contributed by atoms with van der Waals surface area (Å²) in [6, 6.07) is 31.3. The summed E-state index contributed by atoms with van der Waals surface area (Å²) in [5.41, 5.74) is 3.80. The first kappa shape index (κ1) is 27.9. The van der Waals surface area contributed by atoms with Gasteiger partial charge in [-0.05, 0) is 79.6 Å². The van der Waals surface area contributed by atoms with Gasteiger partial charge in [-0.1, -0.05) is 83.9 Å². The second kappa shape index (κ2) is 12.3. The van der Waals surface area contributed by atoms with Crippen molar-refractivity contribution in [3.05, 3.63) is 130 Å². The number of carbonyl (C=O) groups is 1. The zero-order chi connectivity index (χ0) is 28.1. The minimum Gasteiger partial charge on any atom is -0.339 e. The van der Waals surface area contributed by atoms with Gasteiger partial charge in [0.05, 0.1) is 22.7 Å². The van der Waals surface area contributed by atoms with E-state index in [-0.39, 0.29) is 17.3 Å². The van der Waals surface area contributed by atoms with E-state index < -0.39 is 10.0 Å². The van der Waals surface area contributed by atoms with E-state index in [1.54, 1.807) is 60.7 Å². The Balaban J connectivity index is 1.43. The second-order valence-electron chi connectivity index (χ2n) is 10.4. The molecule has 0 spiro atoms. The molecule has 1 amide bonds. The van der Waals surface area contributed by atoms with E-state index in [0.717, 1.165) is 30.4 Å². The van der Waals surface area contributed by atoms with Gasteiger partial charge in [0.2, 0.25) is 0 Å². The SMILES string of the molecule is Cc1ccc(S(=O)(=O)N(Cc2ccc(Cl)cc2)c2ccccc2C(=O)N2CCC(Cc3ccccc3)CC2)cc1. The van der Waals surface area contributed by atoms with Crippen LogP contribution >= 0.6 is 11.6 Å². The number of rotatable bonds is 8. The normalized spacial score (nSPS) is 14.2. The van der Waals surface area contributed by atoms with E-state index in [4.69, 9.17) is 11.6 Å². The molecule has 0 saturated carbocycles. The first-order chi connectivity index (χ1) is 19.3. The quantitative estimate of drug-likeness (QED) is 0.225. The van der Waals surface area contributed by atoms with Gasteiger partial charge < -0.3 is 4.90 Å². The summed E-state index contributed by atoms with van der Waals surface area (Å²) in [5, 5.41) is 0.572. The summed E-state index contributed by atoms with van der Waals surface area (Å²) in [6.07, 6.45) is 2.83. The lowest BCUT2D eigenvalue weighted by atomic mass is 9.90. The zero-order valence-corrected chi connectivity index (χ0v) is 24.1. The van der Waals surface area contributed by atoms with Crippen molar-refractivity contribution in [1.29, 1.82) is 0 Å². The molecule has 0 aromatic heterocycles. The third-order valence-corrected chi connectivity index (χ3v) is 9.55. The van der Waals surface area contributed by atoms with Crippen molar-refractivity contribution in [3.63, 3.8) is 0 Å². The van der Waals surface area contributed by atoms with Crippen LogP contribution in [0.4, 0.5) is 5.69 Å². The van der Waals surface area contributed by atoms with Gasteiger partial charge in [-0.25, -0.2) is 8.42 Å². The van der Waals surface area contributed by atoms with E-state index in [2.05, 4.69) is 24.3 Å². The minimum atomic E-state index is -3.98. The van der Waals surface area contributed by atoms with Gasteiger partial charge in [-0.15, -0.1) is 0 Å². The number of carbonyl (C=O) groups excluding carboxylic acids is 1. The highest BCUT2D eigenvalue weighted by Crippen LogP contribution is 2.32. The number of para-hydroxylation sites is 1. The van der Waals surface area contributed by atoms with Gasteiger partial charge in [0.1, 0.15) is 0 Å². The van der Waals surface area contributed by atoms with Gasteiger partial charge >= 0.3 is 0 Å². The lowest BCUT2D eigenvalue weighted by Gasteiger charge is -2.33. The van der Waals surface area contributed by atoms with Gasteiger partial charge in [0.25, 0.3) is 15.9 Å². The van der Waals surface area contributed by atoms with Gasteiger partial charge in [-0.3, -0.25) is 9.10 Å². The van der Waals surface area contributed by atoms with Crippen molar-refractivity contribution in [1.82, 2.24) is 4.90 Å². The molecule has 4 aromatic rings. The Labute approximate surface area is 242 Å². The van der Waals surface area contributed by atoms with Crippen LogP contribution in [0.25, 0.3) is 0 Å². The lowest BCUT2D eigenvalue weighted by Crippen LogP contribution is -2.40. The molecule has 1 saturated heterocycles. The van der Waals surface area contributed by atoms with Crippen LogP contribution in [0.3, 0.4) is 0 Å². The molecule has 1 heterocycles. The molecule has 40 heavy (non-hydrogen) atoms. The van der Waals surface area contributed by atoms with Crippen LogP contribution in [-0.2, 0) is 23.0 Å². The predicted molar refractivity (Wildman–Crippen MR) is 161 cm³/mol. The summed E-state index contributed by atoms with van der Waals surface area (Å²) in [6.45, 7) is 3.27. The summed E-state index contributed by atoms with van der Waals surface area (Å²) in [4.78, 5) is 15.9. The standard InChI is InChI=1S/C33H33ClN2O3S/c1-25-11-17-30(18-12-25)40(38,39)36(24-28-13-15-29(34)16-14-28)32-10-6-5-9-31(32)33(37)35-21-19-27(20-22-35)23-26-7-3-2-4-8-26/h2-18,27H,19-24H2,1H3. The number of nitrogens with zero attached hydrogens (tertiary/aromatic N) is 2. The molecular formula is C33H33ClN2O3S. The molecule has 1 aliphatic rings. The summed E-state index contributed by atoms with van der Waals surface area (Å²) in [7, 11) is -3.98. The number of likely N-dealkylation sites (tertiary alicyclic amines) is 1. The molecule has 1 fully saturated rings. The van der Waals surface area contributed by atoms with Crippen LogP contribution in [0.1, 0.15) is 39.9 Å². The summed E-state index contributed by atoms with van der Waals surface area (Å²) >= 11 is 6.09. The van der Waals surface area contributed by atoms with Gasteiger partial charge in [0, 0.05) is 18.1 Å². The smallest absolute Gasteiger partial charge is 0.264 e. The molecule has 7 heteroatoms. The van der Waals surface area contributed by atoms with E-state index in [9.17, 15) is 13.2 Å². The highest BCUT2D eigenvalue weighted by molar-refractivity contribution is 7.92. The molecule has 0 N–H and O–H groups in total. The predicted octanol–water partition coefficient (Wildman–Crippen LogP) is 7.14. The van der Waals surface area contributed by atoms with Crippen molar-refractivity contribution in [2.75, 3.05) is 17.4 Å². The van der Waals surface area contributed by atoms with Crippen molar-refractivity contribution >= 4 is 33.2 Å². The summed E-state index contributed by atoms with van der Waals surface area (Å²) in [5.74, 6) is 0.374. The van der Waals surface area contributed by atoms with E-state index in [1.807, 2.05) is 30.0 Å². The molecule has 0 unspecified atom stereocenters. The Kier molecular flexibility index (Phi) is 8.57. The molecule has 5 nitrogen and oxygen atoms in total. The number of anilines is 1. The molecule has 5 rings (SSSR count). The number of amides is 1. The topological polar surface area (TPSA) is 57.7 Å². The number of piperidine rings is 1. The monoisotopic (exact) mass is 572 g/mol. The number of sulfonamides is 1. The Morgan fingerprint density at radius 3 is 2.12 bits per heavy atom. The van der Waals surface area contributed by atoms with Crippen molar-refractivity contribution in [2.24, 2.45) is 5.92 Å². The van der Waals surface area contributed by atoms with Gasteiger partial charge in [-0.2, -0.15) is 0 Å². The fourth-order valence-corrected chi connectivity index (χ4v) is 6.82. The molecule has 1 aliphatic heterocycles. The molecule has 0 bridgehead atoms. The number of aryl methyl sites for hydroxylation is 1. The molecular weight excluding hydrogens is 540 g/mol. The second-order valence-corrected chi connectivity index (χ2v) is 12.7. The molecule has 0 aliphatic carbocycles. The third kappa shape index (κ3) is 6.40. The maximum atomic E-state index is 14.1. The van der Waals surface area contributed by atoms with Crippen LogP contribution in [0.15, 0.2) is 108 Å². The Hall–Kier alpha value is -3.61. The Morgan fingerprint density at radius 1 is 0.825 bits per heavy atom. The molecule has 0 atom stereocenters. The lowest BCUT2D eigenvalue weighted by molar-refractivity contribution is 0.0691. The van der Waals surface area contributed by atoms with E-state index in [1.165, 1.54) is 9.87 Å². The maximum Gasteiger partial charge on any atom is 0.264 e. The highest BCUT2D eigenvalue weighted by atomic mass is 35.5.